The molecule has 1 amide bonds. The molecule has 1 fully saturated rings. The van der Waals surface area contributed by atoms with Crippen LogP contribution in [0.4, 0.5) is 0 Å². The Kier molecular flexibility index (Phi) is 4.07. The van der Waals surface area contributed by atoms with E-state index in [-0.39, 0.29) is 11.9 Å². The van der Waals surface area contributed by atoms with Gasteiger partial charge < -0.3 is 10.2 Å². The van der Waals surface area contributed by atoms with Gasteiger partial charge in [0.1, 0.15) is 5.76 Å². The largest absolute Gasteiger partial charge is 0.459 e. The average molecular weight is 305 g/mol. The summed E-state index contributed by atoms with van der Waals surface area (Å²) in [4.78, 5) is 18.3. The minimum absolute atomic E-state index is 0.158. The van der Waals surface area contributed by atoms with Crippen molar-refractivity contribution >= 4 is 17.2 Å². The van der Waals surface area contributed by atoms with E-state index in [0.717, 1.165) is 48.0 Å². The summed E-state index contributed by atoms with van der Waals surface area (Å²) in [5, 5.41) is 2.91. The number of hydrogen-bond donors (Lipinski definition) is 1. The maximum atomic E-state index is 11.5. The average Bonchev–Trinajstić information content (AvgIpc) is 3.08. The summed E-state index contributed by atoms with van der Waals surface area (Å²) in [6, 6.07) is 3.71. The molecule has 112 valence electrons. The van der Waals surface area contributed by atoms with Gasteiger partial charge in [-0.05, 0) is 38.4 Å². The van der Waals surface area contributed by atoms with Gasteiger partial charge in [0, 0.05) is 11.9 Å². The number of aryl methyl sites for hydroxylation is 1. The number of aromatic nitrogens is 1. The first-order chi connectivity index (χ1) is 10.1. The highest BCUT2D eigenvalue weighted by molar-refractivity contribution is 7.13. The Labute approximate surface area is 127 Å². The highest BCUT2D eigenvalue weighted by Crippen LogP contribution is 2.27. The molecule has 2 aromatic rings. The van der Waals surface area contributed by atoms with E-state index in [4.69, 9.17) is 10.2 Å². The van der Waals surface area contributed by atoms with Crippen molar-refractivity contribution in [2.24, 2.45) is 5.73 Å². The molecule has 1 saturated heterocycles. The minimum Gasteiger partial charge on any atom is -0.459 e. The molecule has 3 heterocycles. The van der Waals surface area contributed by atoms with Crippen molar-refractivity contribution in [1.29, 1.82) is 0 Å². The first kappa shape index (κ1) is 14.3. The number of nitrogens with zero attached hydrogens (tertiary/aromatic N) is 2. The number of rotatable bonds is 4. The van der Waals surface area contributed by atoms with Gasteiger partial charge >= 0.3 is 0 Å². The summed E-state index contributed by atoms with van der Waals surface area (Å²) in [6.07, 6.45) is 3.03. The molecule has 6 heteroatoms. The number of hydrogen-bond acceptors (Lipinski definition) is 5. The van der Waals surface area contributed by atoms with Crippen LogP contribution < -0.4 is 5.73 Å². The monoisotopic (exact) mass is 305 g/mol. The third-order valence-corrected chi connectivity index (χ3v) is 4.72. The van der Waals surface area contributed by atoms with Crippen LogP contribution in [0.1, 0.15) is 30.7 Å². The lowest BCUT2D eigenvalue weighted by Crippen LogP contribution is -2.47. The van der Waals surface area contributed by atoms with Crippen molar-refractivity contribution in [3.05, 3.63) is 29.0 Å². The molecular formula is C15H19N3O2S. The second-order valence-electron chi connectivity index (χ2n) is 5.44. The highest BCUT2D eigenvalue weighted by atomic mass is 32.1. The molecule has 1 unspecified atom stereocenters. The number of thiazole rings is 1. The zero-order chi connectivity index (χ0) is 14.8. The zero-order valence-corrected chi connectivity index (χ0v) is 12.9. The van der Waals surface area contributed by atoms with E-state index in [0.29, 0.717) is 6.54 Å². The number of nitrogens with two attached hydrogens (primary N) is 1. The molecule has 1 atom stereocenters. The van der Waals surface area contributed by atoms with Crippen LogP contribution in [0.5, 0.6) is 0 Å². The van der Waals surface area contributed by atoms with Gasteiger partial charge in [-0.1, -0.05) is 6.42 Å². The quantitative estimate of drug-likeness (QED) is 0.942. The van der Waals surface area contributed by atoms with Crippen molar-refractivity contribution in [3.8, 4) is 10.8 Å². The van der Waals surface area contributed by atoms with E-state index in [1.54, 1.807) is 11.3 Å². The molecule has 0 spiro atoms. The van der Waals surface area contributed by atoms with Gasteiger partial charge in [-0.15, -0.1) is 11.3 Å². The number of furan rings is 1. The van der Waals surface area contributed by atoms with Crippen LogP contribution in [0.15, 0.2) is 21.9 Å². The molecule has 0 aromatic carbocycles. The molecule has 1 aliphatic rings. The Morgan fingerprint density at radius 1 is 1.52 bits per heavy atom. The maximum Gasteiger partial charge on any atom is 0.234 e. The van der Waals surface area contributed by atoms with Gasteiger partial charge in [0.05, 0.1) is 11.7 Å². The fourth-order valence-corrected chi connectivity index (χ4v) is 3.52. The van der Waals surface area contributed by atoms with Crippen molar-refractivity contribution < 1.29 is 9.21 Å². The van der Waals surface area contributed by atoms with Crippen LogP contribution in [-0.4, -0.2) is 28.4 Å². The summed E-state index contributed by atoms with van der Waals surface area (Å²) < 4.78 is 5.59. The minimum atomic E-state index is -0.230. The van der Waals surface area contributed by atoms with Gasteiger partial charge in [-0.2, -0.15) is 0 Å². The highest BCUT2D eigenvalue weighted by Gasteiger charge is 2.27. The summed E-state index contributed by atoms with van der Waals surface area (Å²) in [6.45, 7) is 3.49. The predicted octanol–water partition coefficient (Wildman–Crippen LogP) is 2.55. The van der Waals surface area contributed by atoms with Crippen LogP contribution in [0.25, 0.3) is 10.8 Å². The predicted molar refractivity (Wildman–Crippen MR) is 81.8 cm³/mol. The Morgan fingerprint density at radius 3 is 3.10 bits per heavy atom. The van der Waals surface area contributed by atoms with E-state index < -0.39 is 0 Å². The number of piperidine rings is 1. The Morgan fingerprint density at radius 2 is 2.38 bits per heavy atom. The van der Waals surface area contributed by atoms with Crippen LogP contribution in [0.3, 0.4) is 0 Å². The topological polar surface area (TPSA) is 72.4 Å². The molecule has 0 bridgehead atoms. The first-order valence-corrected chi connectivity index (χ1v) is 8.06. The Bertz CT molecular complexity index is 634. The van der Waals surface area contributed by atoms with Gasteiger partial charge in [0.15, 0.2) is 10.8 Å². The summed E-state index contributed by atoms with van der Waals surface area (Å²) in [7, 11) is 0. The first-order valence-electron chi connectivity index (χ1n) is 7.18. The van der Waals surface area contributed by atoms with Crippen molar-refractivity contribution in [2.45, 2.75) is 38.8 Å². The third kappa shape index (κ3) is 3.16. The van der Waals surface area contributed by atoms with Gasteiger partial charge in [-0.25, -0.2) is 4.98 Å². The number of carbonyl (C=O) groups excluding carboxylic acids is 1. The lowest BCUT2D eigenvalue weighted by molar-refractivity contribution is -0.124. The standard InChI is InChI=1S/C15H19N3O2S/c1-10-5-6-13(20-10)15-17-11(9-21-15)8-18-7-3-2-4-12(18)14(16)19/h5-6,9,12H,2-4,7-8H2,1H3,(H2,16,19). The molecule has 21 heavy (non-hydrogen) atoms. The number of carbonyl (C=O) groups is 1. The lowest BCUT2D eigenvalue weighted by atomic mass is 10.0. The molecular weight excluding hydrogens is 286 g/mol. The zero-order valence-electron chi connectivity index (χ0n) is 12.0. The summed E-state index contributed by atoms with van der Waals surface area (Å²) >= 11 is 1.57. The van der Waals surface area contributed by atoms with E-state index in [1.165, 1.54) is 0 Å². The molecule has 3 rings (SSSR count). The molecule has 0 radical (unpaired) electrons. The fourth-order valence-electron chi connectivity index (χ4n) is 2.75. The van der Waals surface area contributed by atoms with Crippen LogP contribution >= 0.6 is 11.3 Å². The Balaban J connectivity index is 1.73. The van der Waals surface area contributed by atoms with Gasteiger partial charge in [-0.3, -0.25) is 9.69 Å². The normalized spacial score (nSPS) is 19.8. The number of primary amides is 1. The van der Waals surface area contributed by atoms with E-state index in [9.17, 15) is 4.79 Å². The van der Waals surface area contributed by atoms with Crippen LogP contribution in [0.2, 0.25) is 0 Å². The van der Waals surface area contributed by atoms with Crippen molar-refractivity contribution in [3.63, 3.8) is 0 Å². The van der Waals surface area contributed by atoms with Crippen LogP contribution in [-0.2, 0) is 11.3 Å². The van der Waals surface area contributed by atoms with Crippen molar-refractivity contribution in [1.82, 2.24) is 9.88 Å². The second-order valence-corrected chi connectivity index (χ2v) is 6.30. The molecule has 2 aromatic heterocycles. The van der Waals surface area contributed by atoms with E-state index in [1.807, 2.05) is 24.4 Å². The Hall–Kier alpha value is -1.66. The molecule has 0 saturated carbocycles. The summed E-state index contributed by atoms with van der Waals surface area (Å²) in [5.41, 5.74) is 6.47. The number of amides is 1. The lowest BCUT2D eigenvalue weighted by Gasteiger charge is -2.32. The second kappa shape index (κ2) is 5.99. The van der Waals surface area contributed by atoms with Crippen molar-refractivity contribution in [2.75, 3.05) is 6.54 Å². The maximum absolute atomic E-state index is 11.5. The third-order valence-electron chi connectivity index (χ3n) is 3.81. The van der Waals surface area contributed by atoms with Crippen LogP contribution in [0, 0.1) is 6.92 Å². The summed E-state index contributed by atoms with van der Waals surface area (Å²) in [5.74, 6) is 1.45. The number of likely N-dealkylation sites (tertiary alicyclic amines) is 1. The molecule has 5 nitrogen and oxygen atoms in total. The smallest absolute Gasteiger partial charge is 0.234 e. The molecule has 0 aliphatic carbocycles. The SMILES string of the molecule is Cc1ccc(-c2nc(CN3CCCCC3C(N)=O)cs2)o1. The van der Waals surface area contributed by atoms with E-state index in [2.05, 4.69) is 9.88 Å². The molecule has 2 N–H and O–H groups in total. The van der Waals surface area contributed by atoms with Gasteiger partial charge in [0.2, 0.25) is 5.91 Å². The fraction of sp³-hybridized carbons (Fsp3) is 0.467. The molecule has 1 aliphatic heterocycles. The van der Waals surface area contributed by atoms with Gasteiger partial charge in [0.25, 0.3) is 0 Å². The van der Waals surface area contributed by atoms with E-state index >= 15 is 0 Å².